The molecular weight excluding hydrogens is 290 g/mol. The van der Waals surface area contributed by atoms with E-state index in [9.17, 15) is 4.79 Å². The molecule has 3 aromatic rings. The molecule has 2 nitrogen and oxygen atoms in total. The van der Waals surface area contributed by atoms with Crippen LogP contribution < -0.4 is 0 Å². The predicted octanol–water partition coefficient (Wildman–Crippen LogP) is 4.79. The van der Waals surface area contributed by atoms with Crippen LogP contribution >= 0.6 is 12.6 Å². The molecule has 1 heterocycles. The van der Waals surface area contributed by atoms with Crippen LogP contribution in [0.5, 0.6) is 0 Å². The van der Waals surface area contributed by atoms with Gasteiger partial charge in [0.15, 0.2) is 5.78 Å². The van der Waals surface area contributed by atoms with Crippen molar-refractivity contribution >= 4 is 18.4 Å². The number of Topliss-reactive ketones (excluding diaryl/α,β-unsaturated/α-hetero) is 1. The number of hydrogen-bond acceptors (Lipinski definition) is 2. The Kier molecular flexibility index (Phi) is 4.45. The van der Waals surface area contributed by atoms with E-state index >= 15 is 0 Å². The van der Waals surface area contributed by atoms with Gasteiger partial charge in [0.1, 0.15) is 0 Å². The van der Waals surface area contributed by atoms with Gasteiger partial charge in [-0.25, -0.2) is 0 Å². The van der Waals surface area contributed by atoms with E-state index in [1.807, 2.05) is 66.9 Å². The maximum Gasteiger partial charge on any atom is 0.163 e. The van der Waals surface area contributed by atoms with E-state index in [0.717, 1.165) is 27.3 Å². The summed E-state index contributed by atoms with van der Waals surface area (Å²) in [5.41, 5.74) is 3.85. The molecule has 0 saturated heterocycles. The monoisotopic (exact) mass is 307 g/mol. The molecule has 110 valence electrons. The van der Waals surface area contributed by atoms with Crippen molar-refractivity contribution in [1.82, 2.24) is 4.98 Å². The molecule has 2 aromatic carbocycles. The second-order valence-electron chi connectivity index (χ2n) is 5.18. The first-order valence-electron chi connectivity index (χ1n) is 7.28. The number of aromatic amines is 1. The van der Waals surface area contributed by atoms with Crippen molar-refractivity contribution in [2.45, 2.75) is 17.7 Å². The maximum absolute atomic E-state index is 12.6. The highest BCUT2D eigenvalue weighted by Crippen LogP contribution is 2.25. The second-order valence-corrected chi connectivity index (χ2v) is 5.66. The van der Waals surface area contributed by atoms with Crippen molar-refractivity contribution in [2.75, 3.05) is 0 Å². The second kappa shape index (κ2) is 6.67. The maximum atomic E-state index is 12.6. The van der Waals surface area contributed by atoms with Gasteiger partial charge in [-0.15, -0.1) is 12.6 Å². The molecule has 0 unspecified atom stereocenters. The number of rotatable bonds is 5. The van der Waals surface area contributed by atoms with Gasteiger partial charge in [-0.05, 0) is 23.6 Å². The molecule has 3 heteroatoms. The van der Waals surface area contributed by atoms with Gasteiger partial charge in [-0.1, -0.05) is 54.6 Å². The van der Waals surface area contributed by atoms with Crippen molar-refractivity contribution in [3.63, 3.8) is 0 Å². The molecule has 1 N–H and O–H groups in total. The highest BCUT2D eigenvalue weighted by molar-refractivity contribution is 7.80. The van der Waals surface area contributed by atoms with Crippen LogP contribution in [0.1, 0.15) is 22.5 Å². The van der Waals surface area contributed by atoms with E-state index < -0.39 is 0 Å². The first-order valence-corrected chi connectivity index (χ1v) is 7.73. The fourth-order valence-electron chi connectivity index (χ4n) is 2.56. The zero-order valence-corrected chi connectivity index (χ0v) is 13.0. The molecule has 0 bridgehead atoms. The summed E-state index contributed by atoms with van der Waals surface area (Å²) in [6, 6.07) is 19.7. The minimum Gasteiger partial charge on any atom is -0.364 e. The van der Waals surface area contributed by atoms with Crippen molar-refractivity contribution in [2.24, 2.45) is 0 Å². The number of benzene rings is 2. The lowest BCUT2D eigenvalue weighted by molar-refractivity contribution is 0.0983. The molecule has 0 aliphatic rings. The van der Waals surface area contributed by atoms with E-state index in [0.29, 0.717) is 12.8 Å². The van der Waals surface area contributed by atoms with Gasteiger partial charge in [0, 0.05) is 28.8 Å². The summed E-state index contributed by atoms with van der Waals surface area (Å²) < 4.78 is 0. The highest BCUT2D eigenvalue weighted by atomic mass is 32.1. The van der Waals surface area contributed by atoms with E-state index in [2.05, 4.69) is 17.6 Å². The summed E-state index contributed by atoms with van der Waals surface area (Å²) in [4.78, 5) is 16.6. The zero-order chi connectivity index (χ0) is 15.4. The number of H-pyrrole nitrogens is 1. The minimum atomic E-state index is 0.154. The van der Waals surface area contributed by atoms with Gasteiger partial charge >= 0.3 is 0 Å². The number of aryl methyl sites for hydroxylation is 1. The zero-order valence-electron chi connectivity index (χ0n) is 12.1. The van der Waals surface area contributed by atoms with E-state index in [-0.39, 0.29) is 5.78 Å². The highest BCUT2D eigenvalue weighted by Gasteiger charge is 2.13. The van der Waals surface area contributed by atoms with Crippen molar-refractivity contribution in [3.8, 4) is 11.1 Å². The average molecular weight is 307 g/mol. The lowest BCUT2D eigenvalue weighted by Gasteiger charge is -2.09. The quantitative estimate of drug-likeness (QED) is 0.516. The van der Waals surface area contributed by atoms with Crippen LogP contribution in [0.2, 0.25) is 0 Å². The van der Waals surface area contributed by atoms with Gasteiger partial charge in [-0.2, -0.15) is 0 Å². The molecule has 0 fully saturated rings. The molecule has 0 atom stereocenters. The predicted molar refractivity (Wildman–Crippen MR) is 92.6 cm³/mol. The van der Waals surface area contributed by atoms with Gasteiger partial charge in [0.25, 0.3) is 0 Å². The molecule has 0 aliphatic heterocycles. The SMILES string of the molecule is O=C(CCc1[nH]ccc1S)c1ccccc1-c1ccccc1. The smallest absolute Gasteiger partial charge is 0.163 e. The van der Waals surface area contributed by atoms with E-state index in [1.54, 1.807) is 0 Å². The summed E-state index contributed by atoms with van der Waals surface area (Å²) in [6.45, 7) is 0. The Labute approximate surface area is 135 Å². The summed E-state index contributed by atoms with van der Waals surface area (Å²) in [5, 5.41) is 0. The number of carbonyl (C=O) groups excluding carboxylic acids is 1. The summed E-state index contributed by atoms with van der Waals surface area (Å²) in [6.07, 6.45) is 2.99. The van der Waals surface area contributed by atoms with Crippen LogP contribution in [-0.2, 0) is 6.42 Å². The number of thiol groups is 1. The molecular formula is C19H17NOS. The Hall–Kier alpha value is -2.26. The normalized spacial score (nSPS) is 10.6. The summed E-state index contributed by atoms with van der Waals surface area (Å²) in [5.74, 6) is 0.154. The minimum absolute atomic E-state index is 0.154. The third-order valence-corrected chi connectivity index (χ3v) is 4.14. The standard InChI is InChI=1S/C19H17NOS/c21-18(11-10-17-19(22)12-13-20-17)16-9-5-4-8-15(16)14-6-2-1-3-7-14/h1-9,12-13,20,22H,10-11H2. The number of hydrogen-bond donors (Lipinski definition) is 2. The third kappa shape index (κ3) is 3.15. The Bertz CT molecular complexity index is 777. The average Bonchev–Trinajstić information content (AvgIpc) is 2.98. The lowest BCUT2D eigenvalue weighted by Crippen LogP contribution is -2.03. The van der Waals surface area contributed by atoms with E-state index in [4.69, 9.17) is 0 Å². The molecule has 1 aromatic heterocycles. The van der Waals surface area contributed by atoms with Crippen molar-refractivity contribution in [3.05, 3.63) is 78.1 Å². The summed E-state index contributed by atoms with van der Waals surface area (Å²) in [7, 11) is 0. The first-order chi connectivity index (χ1) is 10.8. The van der Waals surface area contributed by atoms with Gasteiger partial charge in [-0.3, -0.25) is 4.79 Å². The molecule has 0 spiro atoms. The molecule has 0 amide bonds. The van der Waals surface area contributed by atoms with Crippen LogP contribution in [0, 0.1) is 0 Å². The third-order valence-electron chi connectivity index (χ3n) is 3.72. The molecule has 0 aliphatic carbocycles. The topological polar surface area (TPSA) is 32.9 Å². The first kappa shape index (κ1) is 14.7. The van der Waals surface area contributed by atoms with Crippen molar-refractivity contribution < 1.29 is 4.79 Å². The Morgan fingerprint density at radius 3 is 2.41 bits per heavy atom. The van der Waals surface area contributed by atoms with Crippen LogP contribution in [0.4, 0.5) is 0 Å². The summed E-state index contributed by atoms with van der Waals surface area (Å²) >= 11 is 4.37. The number of carbonyl (C=O) groups is 1. The Balaban J connectivity index is 1.83. The van der Waals surface area contributed by atoms with Crippen molar-refractivity contribution in [1.29, 1.82) is 0 Å². The Morgan fingerprint density at radius 1 is 0.955 bits per heavy atom. The van der Waals surface area contributed by atoms with Crippen LogP contribution in [0.25, 0.3) is 11.1 Å². The number of aromatic nitrogens is 1. The van der Waals surface area contributed by atoms with Crippen LogP contribution in [-0.4, -0.2) is 10.8 Å². The number of ketones is 1. The molecule has 0 radical (unpaired) electrons. The lowest BCUT2D eigenvalue weighted by atomic mass is 9.95. The molecule has 22 heavy (non-hydrogen) atoms. The van der Waals surface area contributed by atoms with Gasteiger partial charge < -0.3 is 4.98 Å². The Morgan fingerprint density at radius 2 is 1.68 bits per heavy atom. The van der Waals surface area contributed by atoms with Crippen LogP contribution in [0.3, 0.4) is 0 Å². The van der Waals surface area contributed by atoms with Crippen LogP contribution in [0.15, 0.2) is 71.8 Å². The fraction of sp³-hybridized carbons (Fsp3) is 0.105. The van der Waals surface area contributed by atoms with E-state index in [1.165, 1.54) is 0 Å². The molecule has 0 saturated carbocycles. The van der Waals surface area contributed by atoms with Gasteiger partial charge in [0.05, 0.1) is 0 Å². The fourth-order valence-corrected chi connectivity index (χ4v) is 2.82. The number of nitrogens with one attached hydrogen (secondary N) is 1. The van der Waals surface area contributed by atoms with Gasteiger partial charge in [0.2, 0.25) is 0 Å². The largest absolute Gasteiger partial charge is 0.364 e. The molecule has 3 rings (SSSR count).